The first-order chi connectivity index (χ1) is 8.95. The molecule has 0 aliphatic carbocycles. The molecule has 0 aliphatic heterocycles. The molecular formula is C12H15F3N2O2. The lowest BCUT2D eigenvalue weighted by Crippen LogP contribution is -2.24. The first kappa shape index (κ1) is 15.4. The maximum atomic E-state index is 12.3. The zero-order chi connectivity index (χ0) is 14.3. The Balaban J connectivity index is 2.45. The van der Waals surface area contributed by atoms with Crippen LogP contribution >= 0.6 is 0 Å². The molecule has 0 aliphatic rings. The van der Waals surface area contributed by atoms with Crippen molar-refractivity contribution >= 4 is 5.91 Å². The van der Waals surface area contributed by atoms with Crippen LogP contribution in [-0.4, -0.2) is 29.1 Å². The Bertz CT molecular complexity index is 404. The fourth-order valence-corrected chi connectivity index (χ4v) is 1.41. The molecule has 19 heavy (non-hydrogen) atoms. The van der Waals surface area contributed by atoms with Crippen LogP contribution in [-0.2, 0) is 6.18 Å². The smallest absolute Gasteiger partial charge is 0.396 e. The van der Waals surface area contributed by atoms with E-state index in [9.17, 15) is 18.0 Å². The number of rotatable bonds is 6. The van der Waals surface area contributed by atoms with E-state index in [1.165, 1.54) is 0 Å². The summed E-state index contributed by atoms with van der Waals surface area (Å²) in [5, 5.41) is 11.1. The number of hydrogen-bond acceptors (Lipinski definition) is 3. The third-order valence-corrected chi connectivity index (χ3v) is 2.44. The Morgan fingerprint density at radius 2 is 2.00 bits per heavy atom. The van der Waals surface area contributed by atoms with Crippen molar-refractivity contribution in [3.05, 3.63) is 29.6 Å². The molecule has 0 saturated heterocycles. The molecule has 1 amide bonds. The molecule has 0 saturated carbocycles. The number of carbonyl (C=O) groups excluding carboxylic acids is 1. The standard InChI is InChI=1S/C12H15F3N2O2/c13-12(14,15)10-5-4-9(8-17-10)11(19)16-6-2-1-3-7-18/h4-5,8,18H,1-3,6-7H2,(H,16,19). The van der Waals surface area contributed by atoms with Gasteiger partial charge >= 0.3 is 6.18 Å². The van der Waals surface area contributed by atoms with Crippen LogP contribution in [0.25, 0.3) is 0 Å². The molecular weight excluding hydrogens is 261 g/mol. The number of nitrogens with one attached hydrogen (secondary N) is 1. The highest BCUT2D eigenvalue weighted by atomic mass is 19.4. The summed E-state index contributed by atoms with van der Waals surface area (Å²) in [4.78, 5) is 14.8. The molecule has 106 valence electrons. The van der Waals surface area contributed by atoms with E-state index in [0.29, 0.717) is 19.4 Å². The minimum absolute atomic E-state index is 0.0927. The van der Waals surface area contributed by atoms with Crippen molar-refractivity contribution in [2.75, 3.05) is 13.2 Å². The summed E-state index contributed by atoms with van der Waals surface area (Å²) in [6, 6.07) is 1.87. The third kappa shape index (κ3) is 5.25. The van der Waals surface area contributed by atoms with Crippen LogP contribution in [0.2, 0.25) is 0 Å². The Labute approximate surface area is 108 Å². The largest absolute Gasteiger partial charge is 0.433 e. The van der Waals surface area contributed by atoms with E-state index >= 15 is 0 Å². The van der Waals surface area contributed by atoms with Crippen molar-refractivity contribution < 1.29 is 23.1 Å². The SMILES string of the molecule is O=C(NCCCCCO)c1ccc(C(F)(F)F)nc1. The average Bonchev–Trinajstić information content (AvgIpc) is 2.37. The number of pyridine rings is 1. The van der Waals surface area contributed by atoms with E-state index in [2.05, 4.69) is 10.3 Å². The Hall–Kier alpha value is -1.63. The van der Waals surface area contributed by atoms with Gasteiger partial charge in [0, 0.05) is 19.3 Å². The highest BCUT2D eigenvalue weighted by Gasteiger charge is 2.32. The van der Waals surface area contributed by atoms with E-state index in [0.717, 1.165) is 24.8 Å². The monoisotopic (exact) mass is 276 g/mol. The summed E-state index contributed by atoms with van der Waals surface area (Å²) >= 11 is 0. The van der Waals surface area contributed by atoms with Crippen molar-refractivity contribution in [3.8, 4) is 0 Å². The van der Waals surface area contributed by atoms with Gasteiger partial charge in [0.25, 0.3) is 5.91 Å². The lowest BCUT2D eigenvalue weighted by molar-refractivity contribution is -0.141. The quantitative estimate of drug-likeness (QED) is 0.781. The number of carbonyl (C=O) groups is 1. The van der Waals surface area contributed by atoms with Gasteiger partial charge in [-0.2, -0.15) is 13.2 Å². The lowest BCUT2D eigenvalue weighted by atomic mass is 10.2. The van der Waals surface area contributed by atoms with Crippen LogP contribution in [0.5, 0.6) is 0 Å². The number of amides is 1. The zero-order valence-electron chi connectivity index (χ0n) is 10.2. The zero-order valence-corrected chi connectivity index (χ0v) is 10.2. The third-order valence-electron chi connectivity index (χ3n) is 2.44. The second-order valence-electron chi connectivity index (χ2n) is 3.97. The molecule has 0 atom stereocenters. The highest BCUT2D eigenvalue weighted by Crippen LogP contribution is 2.27. The van der Waals surface area contributed by atoms with Crippen LogP contribution in [0.15, 0.2) is 18.3 Å². The van der Waals surface area contributed by atoms with Gasteiger partial charge in [0.1, 0.15) is 5.69 Å². The first-order valence-electron chi connectivity index (χ1n) is 5.87. The summed E-state index contributed by atoms with van der Waals surface area (Å²) in [5.41, 5.74) is -0.929. The predicted octanol–water partition coefficient (Wildman–Crippen LogP) is 1.99. The van der Waals surface area contributed by atoms with Gasteiger partial charge in [0.05, 0.1) is 5.56 Å². The molecule has 1 rings (SSSR count). The number of nitrogens with zero attached hydrogens (tertiary/aromatic N) is 1. The molecule has 0 unspecified atom stereocenters. The van der Waals surface area contributed by atoms with Crippen LogP contribution in [0.4, 0.5) is 13.2 Å². The normalized spacial score (nSPS) is 11.4. The van der Waals surface area contributed by atoms with Gasteiger partial charge in [-0.1, -0.05) is 0 Å². The number of unbranched alkanes of at least 4 members (excludes halogenated alkanes) is 2. The van der Waals surface area contributed by atoms with Crippen molar-refractivity contribution in [1.29, 1.82) is 0 Å². The molecule has 1 aromatic heterocycles. The number of aliphatic hydroxyl groups is 1. The molecule has 0 bridgehead atoms. The Kier molecular flexibility index (Phi) is 5.75. The summed E-state index contributed by atoms with van der Waals surface area (Å²) in [7, 11) is 0. The van der Waals surface area contributed by atoms with Gasteiger partial charge in [0.15, 0.2) is 0 Å². The molecule has 1 aromatic rings. The molecule has 1 heterocycles. The molecule has 0 fully saturated rings. The van der Waals surface area contributed by atoms with Crippen molar-refractivity contribution in [2.24, 2.45) is 0 Å². The van der Waals surface area contributed by atoms with Gasteiger partial charge in [-0.05, 0) is 31.4 Å². The van der Waals surface area contributed by atoms with E-state index < -0.39 is 17.8 Å². The van der Waals surface area contributed by atoms with Crippen LogP contribution in [0.3, 0.4) is 0 Å². The van der Waals surface area contributed by atoms with Gasteiger partial charge in [-0.15, -0.1) is 0 Å². The molecule has 4 nitrogen and oxygen atoms in total. The van der Waals surface area contributed by atoms with E-state index in [1.807, 2.05) is 0 Å². The average molecular weight is 276 g/mol. The van der Waals surface area contributed by atoms with Gasteiger partial charge in [0.2, 0.25) is 0 Å². The second kappa shape index (κ2) is 7.08. The number of aromatic nitrogens is 1. The lowest BCUT2D eigenvalue weighted by Gasteiger charge is -2.07. The van der Waals surface area contributed by atoms with Gasteiger partial charge < -0.3 is 10.4 Å². The molecule has 0 radical (unpaired) electrons. The highest BCUT2D eigenvalue weighted by molar-refractivity contribution is 5.93. The minimum Gasteiger partial charge on any atom is -0.396 e. The van der Waals surface area contributed by atoms with Gasteiger partial charge in [-0.25, -0.2) is 0 Å². The maximum absolute atomic E-state index is 12.3. The predicted molar refractivity (Wildman–Crippen MR) is 62.5 cm³/mol. The number of halogens is 3. The minimum atomic E-state index is -4.50. The van der Waals surface area contributed by atoms with Crippen molar-refractivity contribution in [2.45, 2.75) is 25.4 Å². The number of hydrogen-bond donors (Lipinski definition) is 2. The molecule has 7 heteroatoms. The maximum Gasteiger partial charge on any atom is 0.433 e. The van der Waals surface area contributed by atoms with Crippen molar-refractivity contribution in [1.82, 2.24) is 10.3 Å². The van der Waals surface area contributed by atoms with E-state index in [4.69, 9.17) is 5.11 Å². The summed E-state index contributed by atoms with van der Waals surface area (Å²) in [6.07, 6.45) is -1.44. The first-order valence-corrected chi connectivity index (χ1v) is 5.87. The van der Waals surface area contributed by atoms with Crippen LogP contribution in [0, 0.1) is 0 Å². The molecule has 0 spiro atoms. The van der Waals surface area contributed by atoms with Gasteiger partial charge in [-0.3, -0.25) is 9.78 Å². The fourth-order valence-electron chi connectivity index (χ4n) is 1.41. The topological polar surface area (TPSA) is 62.2 Å². The van der Waals surface area contributed by atoms with Crippen molar-refractivity contribution in [3.63, 3.8) is 0 Å². The van der Waals surface area contributed by atoms with Crippen LogP contribution < -0.4 is 5.32 Å². The summed E-state index contributed by atoms with van der Waals surface area (Å²) in [5.74, 6) is -0.453. The Morgan fingerprint density at radius 3 is 2.53 bits per heavy atom. The fraction of sp³-hybridized carbons (Fsp3) is 0.500. The second-order valence-corrected chi connectivity index (χ2v) is 3.97. The van der Waals surface area contributed by atoms with Crippen LogP contribution in [0.1, 0.15) is 35.3 Å². The number of aliphatic hydroxyl groups excluding tert-OH is 1. The summed E-state index contributed by atoms with van der Waals surface area (Å²) < 4.78 is 36.8. The Morgan fingerprint density at radius 1 is 1.26 bits per heavy atom. The molecule has 0 aromatic carbocycles. The molecule has 2 N–H and O–H groups in total. The summed E-state index contributed by atoms with van der Waals surface area (Å²) in [6.45, 7) is 0.524. The van der Waals surface area contributed by atoms with E-state index in [-0.39, 0.29) is 12.2 Å². The number of alkyl halides is 3. The van der Waals surface area contributed by atoms with E-state index in [1.54, 1.807) is 0 Å².